The molecular weight excluding hydrogens is 448 g/mol. The second-order valence-corrected chi connectivity index (χ2v) is 7.95. The molecule has 1 N–H and O–H groups in total. The van der Waals surface area contributed by atoms with Gasteiger partial charge in [-0.25, -0.2) is 12.8 Å². The minimum Gasteiger partial charge on any atom is -0.279 e. The highest BCUT2D eigenvalue weighted by Gasteiger charge is 2.23. The number of nitrogens with one attached hydrogen (secondary N) is 1. The first-order chi connectivity index (χ1) is 9.72. The Labute approximate surface area is 143 Å². The molecule has 0 aromatic heterocycles. The van der Waals surface area contributed by atoms with E-state index in [9.17, 15) is 12.8 Å². The number of rotatable bonds is 3. The van der Waals surface area contributed by atoms with Crippen LogP contribution in [0.1, 0.15) is 5.56 Å². The van der Waals surface area contributed by atoms with E-state index in [-0.39, 0.29) is 13.8 Å². The van der Waals surface area contributed by atoms with Crippen molar-refractivity contribution >= 4 is 59.2 Å². The normalized spacial score (nSPS) is 11.5. The molecular formula is C13H9Br2ClFNO2S. The van der Waals surface area contributed by atoms with Gasteiger partial charge >= 0.3 is 0 Å². The molecule has 2 rings (SSSR count). The molecule has 3 nitrogen and oxygen atoms in total. The minimum absolute atomic E-state index is 0.0803. The number of halogens is 4. The summed E-state index contributed by atoms with van der Waals surface area (Å²) in [5.41, 5.74) is 0.975. The van der Waals surface area contributed by atoms with Crippen LogP contribution in [0.15, 0.2) is 44.2 Å². The second kappa shape index (κ2) is 6.24. The van der Waals surface area contributed by atoms with E-state index in [2.05, 4.69) is 36.6 Å². The molecule has 21 heavy (non-hydrogen) atoms. The summed E-state index contributed by atoms with van der Waals surface area (Å²) < 4.78 is 40.9. The third-order valence-electron chi connectivity index (χ3n) is 2.74. The molecule has 2 aromatic rings. The van der Waals surface area contributed by atoms with Crippen molar-refractivity contribution in [3.8, 4) is 0 Å². The molecule has 0 fully saturated rings. The summed E-state index contributed by atoms with van der Waals surface area (Å²) in [5.74, 6) is -0.549. The first-order valence-electron chi connectivity index (χ1n) is 5.65. The van der Waals surface area contributed by atoms with Crippen LogP contribution >= 0.6 is 43.5 Å². The van der Waals surface area contributed by atoms with Crippen LogP contribution in [0.25, 0.3) is 0 Å². The third kappa shape index (κ3) is 3.59. The van der Waals surface area contributed by atoms with E-state index < -0.39 is 15.8 Å². The van der Waals surface area contributed by atoms with Crippen LogP contribution < -0.4 is 4.72 Å². The highest BCUT2D eigenvalue weighted by atomic mass is 79.9. The van der Waals surface area contributed by atoms with Gasteiger partial charge in [0.25, 0.3) is 10.0 Å². The van der Waals surface area contributed by atoms with Gasteiger partial charge in [-0.3, -0.25) is 4.72 Å². The number of hydrogen-bond donors (Lipinski definition) is 1. The van der Waals surface area contributed by atoms with Crippen molar-refractivity contribution in [3.63, 3.8) is 0 Å². The van der Waals surface area contributed by atoms with Crippen molar-refractivity contribution in [2.75, 3.05) is 4.72 Å². The van der Waals surface area contributed by atoms with Gasteiger partial charge in [-0.15, -0.1) is 0 Å². The Morgan fingerprint density at radius 1 is 1.19 bits per heavy atom. The van der Waals surface area contributed by atoms with Gasteiger partial charge < -0.3 is 0 Å². The molecule has 0 aliphatic heterocycles. The fourth-order valence-corrected chi connectivity index (χ4v) is 5.53. The number of sulfonamides is 1. The maximum Gasteiger partial charge on any atom is 0.264 e. The summed E-state index contributed by atoms with van der Waals surface area (Å²) in [6, 6.07) is 7.08. The largest absolute Gasteiger partial charge is 0.279 e. The molecule has 0 atom stereocenters. The van der Waals surface area contributed by atoms with Crippen molar-refractivity contribution in [3.05, 3.63) is 55.7 Å². The molecule has 0 aliphatic carbocycles. The standard InChI is InChI=1S/C13H9Br2ClFNO2S/c1-7-11(16)3-2-4-12(7)18-21(19,20)13-9(14)5-8(17)6-10(13)15/h2-6,18H,1H3. The van der Waals surface area contributed by atoms with Crippen molar-refractivity contribution in [2.24, 2.45) is 0 Å². The molecule has 0 heterocycles. The third-order valence-corrected chi connectivity index (χ3v) is 6.39. The maximum atomic E-state index is 13.2. The van der Waals surface area contributed by atoms with Crippen LogP contribution in [0, 0.1) is 12.7 Å². The topological polar surface area (TPSA) is 46.2 Å². The van der Waals surface area contributed by atoms with Gasteiger partial charge in [0.05, 0.1) is 5.69 Å². The Hall–Kier alpha value is -0.630. The van der Waals surface area contributed by atoms with Gasteiger partial charge in [-0.1, -0.05) is 17.7 Å². The SMILES string of the molecule is Cc1c(Cl)cccc1NS(=O)(=O)c1c(Br)cc(F)cc1Br. The van der Waals surface area contributed by atoms with Gasteiger partial charge in [0.15, 0.2) is 0 Å². The summed E-state index contributed by atoms with van der Waals surface area (Å²) in [5, 5.41) is 0.451. The Morgan fingerprint density at radius 2 is 1.76 bits per heavy atom. The summed E-state index contributed by atoms with van der Waals surface area (Å²) in [4.78, 5) is -0.0803. The van der Waals surface area contributed by atoms with Crippen molar-refractivity contribution in [2.45, 2.75) is 11.8 Å². The monoisotopic (exact) mass is 455 g/mol. The minimum atomic E-state index is -3.90. The van der Waals surface area contributed by atoms with Crippen molar-refractivity contribution in [1.29, 1.82) is 0 Å². The molecule has 8 heteroatoms. The second-order valence-electron chi connectivity index (χ2n) is 4.22. The Balaban J connectivity index is 2.51. The van der Waals surface area contributed by atoms with E-state index in [1.807, 2.05) is 0 Å². The van der Waals surface area contributed by atoms with Crippen LogP contribution in [0.2, 0.25) is 5.02 Å². The first kappa shape index (κ1) is 16.7. The first-order valence-corrected chi connectivity index (χ1v) is 9.09. The number of hydrogen-bond acceptors (Lipinski definition) is 2. The highest BCUT2D eigenvalue weighted by Crippen LogP contribution is 2.33. The van der Waals surface area contributed by atoms with E-state index in [0.29, 0.717) is 16.3 Å². The maximum absolute atomic E-state index is 13.2. The van der Waals surface area contributed by atoms with Gasteiger partial charge in [0.1, 0.15) is 10.7 Å². The molecule has 0 saturated carbocycles. The van der Waals surface area contributed by atoms with Gasteiger partial charge in [0, 0.05) is 14.0 Å². The zero-order valence-electron chi connectivity index (χ0n) is 10.6. The Morgan fingerprint density at radius 3 is 2.33 bits per heavy atom. The fourth-order valence-electron chi connectivity index (χ4n) is 1.70. The smallest absolute Gasteiger partial charge is 0.264 e. The average molecular weight is 458 g/mol. The average Bonchev–Trinajstić information content (AvgIpc) is 2.33. The van der Waals surface area contributed by atoms with Crippen molar-refractivity contribution < 1.29 is 12.8 Å². The molecule has 2 aromatic carbocycles. The lowest BCUT2D eigenvalue weighted by atomic mass is 10.2. The number of benzene rings is 2. The van der Waals surface area contributed by atoms with E-state index in [4.69, 9.17) is 11.6 Å². The quantitative estimate of drug-likeness (QED) is 0.696. The van der Waals surface area contributed by atoms with Crippen LogP contribution in [0.5, 0.6) is 0 Å². The molecule has 0 saturated heterocycles. The molecule has 0 unspecified atom stereocenters. The summed E-state index contributed by atoms with van der Waals surface area (Å²) in [6.45, 7) is 1.70. The summed E-state index contributed by atoms with van der Waals surface area (Å²) in [6.07, 6.45) is 0. The zero-order valence-corrected chi connectivity index (χ0v) is 15.4. The van der Waals surface area contributed by atoms with Crippen molar-refractivity contribution in [1.82, 2.24) is 0 Å². The van der Waals surface area contributed by atoms with Crippen LogP contribution in [0.4, 0.5) is 10.1 Å². The zero-order chi connectivity index (χ0) is 15.8. The lowest BCUT2D eigenvalue weighted by Crippen LogP contribution is -2.15. The molecule has 0 radical (unpaired) electrons. The van der Waals surface area contributed by atoms with E-state index in [1.165, 1.54) is 0 Å². The Bertz CT molecular complexity index is 789. The molecule has 0 aliphatic rings. The highest BCUT2D eigenvalue weighted by molar-refractivity contribution is 9.11. The van der Waals surface area contributed by atoms with E-state index in [1.54, 1.807) is 25.1 Å². The molecule has 0 amide bonds. The van der Waals surface area contributed by atoms with Crippen LogP contribution in [-0.4, -0.2) is 8.42 Å². The molecule has 0 bridgehead atoms. The van der Waals surface area contributed by atoms with E-state index >= 15 is 0 Å². The lowest BCUT2D eigenvalue weighted by molar-refractivity contribution is 0.598. The van der Waals surface area contributed by atoms with Crippen LogP contribution in [0.3, 0.4) is 0 Å². The Kier molecular flexibility index (Phi) is 4.97. The predicted octanol–water partition coefficient (Wildman–Crippen LogP) is 5.11. The van der Waals surface area contributed by atoms with Gasteiger partial charge in [-0.05, 0) is 68.6 Å². The summed E-state index contributed by atoms with van der Waals surface area (Å²) >= 11 is 12.1. The molecule has 0 spiro atoms. The van der Waals surface area contributed by atoms with Crippen LogP contribution in [-0.2, 0) is 10.0 Å². The lowest BCUT2D eigenvalue weighted by Gasteiger charge is -2.13. The van der Waals surface area contributed by atoms with Gasteiger partial charge in [0.2, 0.25) is 0 Å². The summed E-state index contributed by atoms with van der Waals surface area (Å²) in [7, 11) is -3.90. The van der Waals surface area contributed by atoms with E-state index in [0.717, 1.165) is 12.1 Å². The number of anilines is 1. The van der Waals surface area contributed by atoms with Gasteiger partial charge in [-0.2, -0.15) is 0 Å². The fraction of sp³-hybridized carbons (Fsp3) is 0.0769. The predicted molar refractivity (Wildman–Crippen MR) is 88.8 cm³/mol. The molecule has 112 valence electrons.